The first-order chi connectivity index (χ1) is 15.6. The zero-order valence-electron chi connectivity index (χ0n) is 18.9. The average molecular weight is 439 g/mol. The van der Waals surface area contributed by atoms with Gasteiger partial charge in [-0.3, -0.25) is 9.80 Å². The topological polar surface area (TPSA) is 64.4 Å². The van der Waals surface area contributed by atoms with Crippen molar-refractivity contribution in [1.82, 2.24) is 9.80 Å². The predicted octanol–water partition coefficient (Wildman–Crippen LogP) is 3.94. The third kappa shape index (κ3) is 4.74. The summed E-state index contributed by atoms with van der Waals surface area (Å²) < 4.78 is 22.1. The van der Waals surface area contributed by atoms with Gasteiger partial charge in [0.25, 0.3) is 0 Å². The number of carbonyl (C=O) groups is 1. The second-order valence-electron chi connectivity index (χ2n) is 7.86. The molecule has 7 heteroatoms. The van der Waals surface area contributed by atoms with Crippen molar-refractivity contribution in [2.24, 2.45) is 0 Å². The molecule has 1 saturated heterocycles. The molecule has 7 nitrogen and oxygen atoms in total. The lowest BCUT2D eigenvalue weighted by molar-refractivity contribution is 0.0522. The summed E-state index contributed by atoms with van der Waals surface area (Å²) in [6.07, 6.45) is 0. The van der Waals surface area contributed by atoms with Gasteiger partial charge in [0, 0.05) is 38.1 Å². The lowest BCUT2D eigenvalue weighted by Crippen LogP contribution is -2.45. The third-order valence-corrected chi connectivity index (χ3v) is 5.83. The number of benzene rings is 2. The van der Waals surface area contributed by atoms with Gasteiger partial charge < -0.3 is 18.6 Å². The van der Waals surface area contributed by atoms with E-state index in [-0.39, 0.29) is 5.97 Å². The minimum Gasteiger partial charge on any atom is -0.493 e. The van der Waals surface area contributed by atoms with Gasteiger partial charge in [-0.2, -0.15) is 0 Å². The molecule has 0 aliphatic carbocycles. The van der Waals surface area contributed by atoms with E-state index in [2.05, 4.69) is 15.9 Å². The summed E-state index contributed by atoms with van der Waals surface area (Å²) in [6.45, 7) is 7.26. The molecule has 2 heterocycles. The van der Waals surface area contributed by atoms with Crippen LogP contribution in [0.5, 0.6) is 11.5 Å². The lowest BCUT2D eigenvalue weighted by atomic mass is 10.1. The summed E-state index contributed by atoms with van der Waals surface area (Å²) in [5, 5.41) is 0.813. The van der Waals surface area contributed by atoms with E-state index in [1.165, 1.54) is 5.56 Å². The number of methoxy groups -OCH3 is 2. The Bertz CT molecular complexity index is 1070. The van der Waals surface area contributed by atoms with Crippen LogP contribution in [-0.2, 0) is 17.8 Å². The van der Waals surface area contributed by atoms with Crippen LogP contribution in [0.15, 0.2) is 46.9 Å². The second kappa shape index (κ2) is 10.1. The van der Waals surface area contributed by atoms with Crippen LogP contribution in [0, 0.1) is 0 Å². The van der Waals surface area contributed by atoms with Crippen LogP contribution in [0.3, 0.4) is 0 Å². The number of ether oxygens (including phenoxy) is 3. The Morgan fingerprint density at radius 1 is 0.938 bits per heavy atom. The molecule has 0 saturated carbocycles. The number of fused-ring (bicyclic) bond motifs is 1. The normalized spacial score (nSPS) is 15.1. The van der Waals surface area contributed by atoms with Gasteiger partial charge in [0.2, 0.25) is 0 Å². The number of piperazine rings is 1. The molecule has 0 radical (unpaired) electrons. The Labute approximate surface area is 188 Å². The highest BCUT2D eigenvalue weighted by molar-refractivity contribution is 6.04. The number of hydrogen-bond acceptors (Lipinski definition) is 7. The third-order valence-electron chi connectivity index (χ3n) is 5.83. The first-order valence-corrected chi connectivity index (χ1v) is 11.0. The van der Waals surface area contributed by atoms with Gasteiger partial charge in [-0.25, -0.2) is 4.79 Å². The summed E-state index contributed by atoms with van der Waals surface area (Å²) in [4.78, 5) is 17.4. The van der Waals surface area contributed by atoms with Gasteiger partial charge >= 0.3 is 5.97 Å². The van der Waals surface area contributed by atoms with E-state index in [0.29, 0.717) is 24.5 Å². The van der Waals surface area contributed by atoms with E-state index in [1.807, 2.05) is 43.3 Å². The molecule has 1 aliphatic heterocycles. The summed E-state index contributed by atoms with van der Waals surface area (Å²) >= 11 is 0. The molecule has 0 N–H and O–H groups in total. The molecule has 2 aromatic carbocycles. The first kappa shape index (κ1) is 22.2. The Morgan fingerprint density at radius 2 is 1.62 bits per heavy atom. The fourth-order valence-corrected chi connectivity index (χ4v) is 4.18. The van der Waals surface area contributed by atoms with Crippen molar-refractivity contribution in [2.75, 3.05) is 47.0 Å². The molecule has 0 amide bonds. The molecule has 0 bridgehead atoms. The lowest BCUT2D eigenvalue weighted by Gasteiger charge is -2.34. The van der Waals surface area contributed by atoms with Gasteiger partial charge in [0.15, 0.2) is 11.5 Å². The number of furan rings is 1. The molecule has 0 atom stereocenters. The molecule has 0 spiro atoms. The summed E-state index contributed by atoms with van der Waals surface area (Å²) in [7, 11) is 3.30. The number of rotatable bonds is 8. The van der Waals surface area contributed by atoms with Crippen molar-refractivity contribution in [1.29, 1.82) is 0 Å². The van der Waals surface area contributed by atoms with Crippen LogP contribution < -0.4 is 9.47 Å². The number of hydrogen-bond donors (Lipinski definition) is 0. The summed E-state index contributed by atoms with van der Waals surface area (Å²) in [5.74, 6) is 1.85. The summed E-state index contributed by atoms with van der Waals surface area (Å²) in [6, 6.07) is 13.7. The SMILES string of the molecule is CCOC(=O)c1c(CN2CCN(Cc3ccc(OC)c(OC)c3)CC2)oc2ccccc12. The maximum Gasteiger partial charge on any atom is 0.342 e. The number of nitrogens with zero attached hydrogens (tertiary/aromatic N) is 2. The van der Waals surface area contributed by atoms with Crippen molar-refractivity contribution in [2.45, 2.75) is 20.0 Å². The Morgan fingerprint density at radius 3 is 2.31 bits per heavy atom. The van der Waals surface area contributed by atoms with E-state index >= 15 is 0 Å². The highest BCUT2D eigenvalue weighted by atomic mass is 16.5. The fraction of sp³-hybridized carbons (Fsp3) is 0.400. The monoisotopic (exact) mass is 438 g/mol. The number of carbonyl (C=O) groups excluding carboxylic acids is 1. The van der Waals surface area contributed by atoms with Crippen LogP contribution in [0.25, 0.3) is 11.0 Å². The highest BCUT2D eigenvalue weighted by Gasteiger charge is 2.25. The standard InChI is InChI=1S/C25H30N2O5/c1-4-31-25(28)24-19-7-5-6-8-20(19)32-23(24)17-27-13-11-26(12-14-27)16-18-9-10-21(29-2)22(15-18)30-3/h5-10,15H,4,11-14,16-17H2,1-3H3. The van der Waals surface area contributed by atoms with E-state index in [9.17, 15) is 4.79 Å². The van der Waals surface area contributed by atoms with Crippen molar-refractivity contribution >= 4 is 16.9 Å². The smallest absolute Gasteiger partial charge is 0.342 e. The minimum atomic E-state index is -0.320. The van der Waals surface area contributed by atoms with Gasteiger partial charge in [0.05, 0.1) is 27.4 Å². The van der Waals surface area contributed by atoms with E-state index in [4.69, 9.17) is 18.6 Å². The van der Waals surface area contributed by atoms with Crippen LogP contribution in [0.1, 0.15) is 28.6 Å². The van der Waals surface area contributed by atoms with Crippen molar-refractivity contribution < 1.29 is 23.4 Å². The summed E-state index contributed by atoms with van der Waals surface area (Å²) in [5.41, 5.74) is 2.46. The number of para-hydroxylation sites is 1. The van der Waals surface area contributed by atoms with Crippen LogP contribution in [0.4, 0.5) is 0 Å². The molecule has 0 unspecified atom stereocenters. The van der Waals surface area contributed by atoms with E-state index < -0.39 is 0 Å². The molecular formula is C25H30N2O5. The largest absolute Gasteiger partial charge is 0.493 e. The number of esters is 1. The Hall–Kier alpha value is -3.03. The Balaban J connectivity index is 1.41. The zero-order chi connectivity index (χ0) is 22.5. The van der Waals surface area contributed by atoms with Crippen molar-refractivity contribution in [3.8, 4) is 11.5 Å². The quantitative estimate of drug-likeness (QED) is 0.494. The maximum absolute atomic E-state index is 12.6. The van der Waals surface area contributed by atoms with E-state index in [0.717, 1.165) is 55.2 Å². The fourth-order valence-electron chi connectivity index (χ4n) is 4.18. The first-order valence-electron chi connectivity index (χ1n) is 11.0. The Kier molecular flexibility index (Phi) is 6.97. The maximum atomic E-state index is 12.6. The molecule has 3 aromatic rings. The zero-order valence-corrected chi connectivity index (χ0v) is 18.9. The van der Waals surface area contributed by atoms with Gasteiger partial charge in [-0.1, -0.05) is 24.3 Å². The van der Waals surface area contributed by atoms with Crippen LogP contribution in [0.2, 0.25) is 0 Å². The average Bonchev–Trinajstić information content (AvgIpc) is 3.18. The van der Waals surface area contributed by atoms with Gasteiger partial charge in [0.1, 0.15) is 16.9 Å². The minimum absolute atomic E-state index is 0.320. The van der Waals surface area contributed by atoms with Gasteiger partial charge in [-0.05, 0) is 30.7 Å². The van der Waals surface area contributed by atoms with Gasteiger partial charge in [-0.15, -0.1) is 0 Å². The molecule has 1 fully saturated rings. The van der Waals surface area contributed by atoms with E-state index in [1.54, 1.807) is 14.2 Å². The highest BCUT2D eigenvalue weighted by Crippen LogP contribution is 2.29. The molecule has 4 rings (SSSR count). The second-order valence-corrected chi connectivity index (χ2v) is 7.86. The van der Waals surface area contributed by atoms with Crippen LogP contribution in [-0.4, -0.2) is 62.8 Å². The molecule has 1 aromatic heterocycles. The van der Waals surface area contributed by atoms with Crippen molar-refractivity contribution in [3.63, 3.8) is 0 Å². The van der Waals surface area contributed by atoms with Crippen LogP contribution >= 0.6 is 0 Å². The predicted molar refractivity (Wildman–Crippen MR) is 122 cm³/mol. The molecule has 1 aliphatic rings. The molecule has 170 valence electrons. The molecule has 32 heavy (non-hydrogen) atoms. The molecular weight excluding hydrogens is 408 g/mol. The van der Waals surface area contributed by atoms with Crippen molar-refractivity contribution in [3.05, 3.63) is 59.4 Å².